The summed E-state index contributed by atoms with van der Waals surface area (Å²) in [6, 6.07) is 16.9. The molecule has 29 heavy (non-hydrogen) atoms. The molecule has 154 valence electrons. The lowest BCUT2D eigenvalue weighted by Crippen LogP contribution is -2.41. The van der Waals surface area contributed by atoms with Gasteiger partial charge in [0.1, 0.15) is 24.8 Å². The number of carbonyl (C=O) groups is 3. The molecule has 0 aliphatic carbocycles. The number of rotatable bonds is 10. The van der Waals surface area contributed by atoms with Crippen molar-refractivity contribution in [1.29, 1.82) is 0 Å². The number of halogens is 1. The van der Waals surface area contributed by atoms with E-state index in [4.69, 9.17) is 18.9 Å². The molecule has 2 aromatic rings. The third-order valence-electron chi connectivity index (χ3n) is 3.79. The van der Waals surface area contributed by atoms with Gasteiger partial charge in [-0.2, -0.15) is 0 Å². The number of ether oxygens (including phenoxy) is 4. The summed E-state index contributed by atoms with van der Waals surface area (Å²) < 4.78 is 21.3. The van der Waals surface area contributed by atoms with Crippen LogP contribution in [-0.2, 0) is 23.7 Å². The fourth-order valence-electron chi connectivity index (χ4n) is 2.40. The summed E-state index contributed by atoms with van der Waals surface area (Å²) in [7, 11) is 0. The van der Waals surface area contributed by atoms with Crippen LogP contribution in [0.3, 0.4) is 0 Å². The molecular formula is C21H21BrO7. The van der Waals surface area contributed by atoms with Crippen molar-refractivity contribution in [2.24, 2.45) is 0 Å². The van der Waals surface area contributed by atoms with E-state index in [1.807, 2.05) is 0 Å². The molecule has 2 atom stereocenters. The average Bonchev–Trinajstić information content (AvgIpc) is 2.74. The molecular weight excluding hydrogens is 444 g/mol. The summed E-state index contributed by atoms with van der Waals surface area (Å²) in [5.74, 6) is -1.69. The first-order chi connectivity index (χ1) is 14.0. The Morgan fingerprint density at radius 2 is 1.24 bits per heavy atom. The molecule has 0 fully saturated rings. The van der Waals surface area contributed by atoms with E-state index >= 15 is 0 Å². The second kappa shape index (κ2) is 12.0. The number of hydrogen-bond donors (Lipinski definition) is 0. The quantitative estimate of drug-likeness (QED) is 0.302. The molecule has 2 unspecified atom stereocenters. The first-order valence-corrected chi connectivity index (χ1v) is 9.92. The summed E-state index contributed by atoms with van der Waals surface area (Å²) in [5, 5.41) is 0. The van der Waals surface area contributed by atoms with Gasteiger partial charge >= 0.3 is 17.9 Å². The maximum atomic E-state index is 12.2. The molecule has 0 bridgehead atoms. The highest BCUT2D eigenvalue weighted by Gasteiger charge is 2.28. The van der Waals surface area contributed by atoms with Crippen LogP contribution in [0.1, 0.15) is 27.6 Å². The van der Waals surface area contributed by atoms with Gasteiger partial charge in [-0.1, -0.05) is 52.3 Å². The van der Waals surface area contributed by atoms with Crippen molar-refractivity contribution < 1.29 is 33.3 Å². The van der Waals surface area contributed by atoms with Gasteiger partial charge in [-0.3, -0.25) is 4.79 Å². The largest absolute Gasteiger partial charge is 0.459 e. The van der Waals surface area contributed by atoms with Crippen molar-refractivity contribution in [2.45, 2.75) is 19.1 Å². The van der Waals surface area contributed by atoms with E-state index in [2.05, 4.69) is 15.9 Å². The minimum Gasteiger partial charge on any atom is -0.459 e. The summed E-state index contributed by atoms with van der Waals surface area (Å²) in [6.45, 7) is 0.779. The van der Waals surface area contributed by atoms with E-state index in [0.29, 0.717) is 11.1 Å². The second-order valence-electron chi connectivity index (χ2n) is 5.89. The Hall–Kier alpha value is -2.71. The Morgan fingerprint density at radius 1 is 0.793 bits per heavy atom. The van der Waals surface area contributed by atoms with Gasteiger partial charge in [0.05, 0.1) is 11.1 Å². The SMILES string of the molecule is CC(=O)OC(COC(=O)c1ccccc1)C(COC(=O)c1ccccc1)OCBr. The van der Waals surface area contributed by atoms with Crippen LogP contribution < -0.4 is 0 Å². The third kappa shape index (κ3) is 7.67. The maximum absolute atomic E-state index is 12.2. The van der Waals surface area contributed by atoms with E-state index in [1.54, 1.807) is 60.7 Å². The fraction of sp³-hybridized carbons (Fsp3) is 0.286. The van der Waals surface area contributed by atoms with Gasteiger partial charge in [-0.25, -0.2) is 9.59 Å². The molecule has 0 saturated heterocycles. The monoisotopic (exact) mass is 464 g/mol. The van der Waals surface area contributed by atoms with Crippen LogP contribution in [0.2, 0.25) is 0 Å². The fourth-order valence-corrected chi connectivity index (χ4v) is 2.74. The number of esters is 3. The van der Waals surface area contributed by atoms with E-state index in [1.165, 1.54) is 6.92 Å². The molecule has 0 N–H and O–H groups in total. The van der Waals surface area contributed by atoms with Gasteiger partial charge in [0.15, 0.2) is 6.10 Å². The summed E-state index contributed by atoms with van der Waals surface area (Å²) in [5.41, 5.74) is 0.845. The predicted octanol–water partition coefficient (Wildman–Crippen LogP) is 3.37. The van der Waals surface area contributed by atoms with Crippen LogP contribution >= 0.6 is 15.9 Å². The number of alkyl halides is 1. The van der Waals surface area contributed by atoms with Crippen molar-refractivity contribution in [3.63, 3.8) is 0 Å². The molecule has 0 spiro atoms. The number of hydrogen-bond acceptors (Lipinski definition) is 7. The summed E-state index contributed by atoms with van der Waals surface area (Å²) in [4.78, 5) is 35.8. The van der Waals surface area contributed by atoms with Crippen molar-refractivity contribution in [3.8, 4) is 0 Å². The Kier molecular flexibility index (Phi) is 9.33. The minimum absolute atomic E-state index is 0.102. The molecule has 0 saturated carbocycles. The zero-order valence-electron chi connectivity index (χ0n) is 15.8. The zero-order valence-corrected chi connectivity index (χ0v) is 17.4. The molecule has 2 aromatic carbocycles. The summed E-state index contributed by atoms with van der Waals surface area (Å²) in [6.07, 6.45) is -1.80. The van der Waals surface area contributed by atoms with Crippen LogP contribution in [0, 0.1) is 0 Å². The first kappa shape index (κ1) is 22.6. The Balaban J connectivity index is 2.01. The van der Waals surface area contributed by atoms with Gasteiger partial charge in [-0.15, -0.1) is 0 Å². The van der Waals surface area contributed by atoms with Crippen LogP contribution in [0.15, 0.2) is 60.7 Å². The molecule has 0 aromatic heterocycles. The molecule has 0 heterocycles. The maximum Gasteiger partial charge on any atom is 0.338 e. The van der Waals surface area contributed by atoms with Gasteiger partial charge in [0.25, 0.3) is 0 Å². The Morgan fingerprint density at radius 3 is 1.66 bits per heavy atom. The predicted molar refractivity (Wildman–Crippen MR) is 108 cm³/mol. The topological polar surface area (TPSA) is 88.1 Å². The van der Waals surface area contributed by atoms with E-state index in [0.717, 1.165) is 0 Å². The van der Waals surface area contributed by atoms with E-state index in [9.17, 15) is 14.4 Å². The second-order valence-corrected chi connectivity index (χ2v) is 6.35. The molecule has 0 aliphatic rings. The van der Waals surface area contributed by atoms with E-state index in [-0.39, 0.29) is 18.7 Å². The lowest BCUT2D eigenvalue weighted by Gasteiger charge is -2.25. The van der Waals surface area contributed by atoms with Crippen LogP contribution in [0.25, 0.3) is 0 Å². The van der Waals surface area contributed by atoms with Crippen LogP contribution in [0.4, 0.5) is 0 Å². The van der Waals surface area contributed by atoms with Gasteiger partial charge in [-0.05, 0) is 24.3 Å². The van der Waals surface area contributed by atoms with Crippen LogP contribution in [0.5, 0.6) is 0 Å². The zero-order chi connectivity index (χ0) is 21.1. The third-order valence-corrected chi connectivity index (χ3v) is 4.05. The first-order valence-electron chi connectivity index (χ1n) is 8.80. The van der Waals surface area contributed by atoms with Crippen molar-refractivity contribution in [3.05, 3.63) is 71.8 Å². The Labute approximate surface area is 177 Å². The standard InChI is InChI=1S/C21H21BrO7/c1-15(23)29-19(13-27-21(25)17-10-6-3-7-11-17)18(28-14-22)12-26-20(24)16-8-4-2-5-9-16/h2-11,18-19H,12-14H2,1H3. The molecule has 0 radical (unpaired) electrons. The lowest BCUT2D eigenvalue weighted by atomic mass is 10.2. The highest BCUT2D eigenvalue weighted by molar-refractivity contribution is 9.09. The minimum atomic E-state index is -0.957. The molecule has 0 amide bonds. The van der Waals surface area contributed by atoms with E-state index < -0.39 is 30.1 Å². The van der Waals surface area contributed by atoms with Crippen molar-refractivity contribution in [1.82, 2.24) is 0 Å². The number of carbonyl (C=O) groups excluding carboxylic acids is 3. The average molecular weight is 465 g/mol. The molecule has 0 aliphatic heterocycles. The van der Waals surface area contributed by atoms with Gasteiger partial charge < -0.3 is 18.9 Å². The Bertz CT molecular complexity index is 795. The summed E-state index contributed by atoms with van der Waals surface area (Å²) >= 11 is 3.14. The number of benzene rings is 2. The van der Waals surface area contributed by atoms with Gasteiger partial charge in [0.2, 0.25) is 0 Å². The lowest BCUT2D eigenvalue weighted by molar-refractivity contribution is -0.160. The molecule has 8 heteroatoms. The highest BCUT2D eigenvalue weighted by Crippen LogP contribution is 2.12. The van der Waals surface area contributed by atoms with Crippen molar-refractivity contribution >= 4 is 33.8 Å². The van der Waals surface area contributed by atoms with Gasteiger partial charge in [0, 0.05) is 6.92 Å². The normalized spacial score (nSPS) is 12.5. The molecule has 2 rings (SSSR count). The van der Waals surface area contributed by atoms with Crippen molar-refractivity contribution in [2.75, 3.05) is 18.7 Å². The van der Waals surface area contributed by atoms with Crippen LogP contribution in [-0.4, -0.2) is 48.8 Å². The highest BCUT2D eigenvalue weighted by atomic mass is 79.9. The molecule has 7 nitrogen and oxygen atoms in total. The smallest absolute Gasteiger partial charge is 0.338 e.